The summed E-state index contributed by atoms with van der Waals surface area (Å²) in [5.41, 5.74) is 0.433. The summed E-state index contributed by atoms with van der Waals surface area (Å²) >= 11 is 11.6. The smallest absolute Gasteiger partial charge is 0.253 e. The standard InChI is InChI=1S/C13H17Cl2N3O/c1-9(8-18-4-2-3-5-18)17-13(19)10-6-11(14)12(15)16-7-10/h6-7,9H,2-5,8H2,1H3,(H,17,19). The summed E-state index contributed by atoms with van der Waals surface area (Å²) in [6.07, 6.45) is 3.93. The number of nitrogens with zero attached hydrogens (tertiary/aromatic N) is 2. The van der Waals surface area contributed by atoms with Gasteiger partial charge in [-0.2, -0.15) is 0 Å². The number of carbonyl (C=O) groups is 1. The fourth-order valence-electron chi connectivity index (χ4n) is 2.25. The molecule has 0 spiro atoms. The molecular weight excluding hydrogens is 285 g/mol. The quantitative estimate of drug-likeness (QED) is 0.870. The Morgan fingerprint density at radius 1 is 1.47 bits per heavy atom. The molecule has 1 amide bonds. The minimum Gasteiger partial charge on any atom is -0.348 e. The molecule has 1 N–H and O–H groups in total. The molecule has 0 bridgehead atoms. The third-order valence-electron chi connectivity index (χ3n) is 3.17. The molecule has 19 heavy (non-hydrogen) atoms. The van der Waals surface area contributed by atoms with Crippen LogP contribution in [0.15, 0.2) is 12.3 Å². The lowest BCUT2D eigenvalue weighted by molar-refractivity contribution is 0.0931. The zero-order chi connectivity index (χ0) is 13.8. The van der Waals surface area contributed by atoms with E-state index in [0.29, 0.717) is 10.6 Å². The number of hydrogen-bond acceptors (Lipinski definition) is 3. The van der Waals surface area contributed by atoms with E-state index in [1.807, 2.05) is 6.92 Å². The Hall–Kier alpha value is -0.840. The molecule has 1 aromatic rings. The van der Waals surface area contributed by atoms with Gasteiger partial charge >= 0.3 is 0 Å². The molecule has 0 saturated carbocycles. The summed E-state index contributed by atoms with van der Waals surface area (Å²) in [6, 6.07) is 1.63. The zero-order valence-corrected chi connectivity index (χ0v) is 12.3. The van der Waals surface area contributed by atoms with Crippen molar-refractivity contribution in [1.82, 2.24) is 15.2 Å². The Balaban J connectivity index is 1.90. The molecule has 0 aliphatic carbocycles. The van der Waals surface area contributed by atoms with Crippen LogP contribution < -0.4 is 5.32 Å². The van der Waals surface area contributed by atoms with Crippen LogP contribution in [0.4, 0.5) is 0 Å². The third kappa shape index (κ3) is 4.06. The number of halogens is 2. The van der Waals surface area contributed by atoms with Gasteiger partial charge in [0, 0.05) is 18.8 Å². The van der Waals surface area contributed by atoms with E-state index in [2.05, 4.69) is 15.2 Å². The van der Waals surface area contributed by atoms with E-state index in [9.17, 15) is 4.79 Å². The van der Waals surface area contributed by atoms with Crippen molar-refractivity contribution in [3.8, 4) is 0 Å². The summed E-state index contributed by atoms with van der Waals surface area (Å²) in [4.78, 5) is 18.3. The fraction of sp³-hybridized carbons (Fsp3) is 0.538. The molecule has 4 nitrogen and oxygen atoms in total. The first-order valence-corrected chi connectivity index (χ1v) is 7.16. The van der Waals surface area contributed by atoms with Gasteiger partial charge in [0.05, 0.1) is 10.6 Å². The van der Waals surface area contributed by atoms with Crippen molar-refractivity contribution in [3.63, 3.8) is 0 Å². The molecule has 1 saturated heterocycles. The highest BCUT2D eigenvalue weighted by Gasteiger charge is 2.17. The van der Waals surface area contributed by atoms with Crippen LogP contribution in [0.5, 0.6) is 0 Å². The summed E-state index contributed by atoms with van der Waals surface area (Å²) in [5.74, 6) is -0.169. The van der Waals surface area contributed by atoms with Crippen LogP contribution in [0.2, 0.25) is 10.2 Å². The van der Waals surface area contributed by atoms with Gasteiger partial charge in [-0.3, -0.25) is 4.79 Å². The number of aromatic nitrogens is 1. The van der Waals surface area contributed by atoms with Crippen molar-refractivity contribution >= 4 is 29.1 Å². The Labute approximate surface area is 123 Å². The fourth-order valence-corrected chi connectivity index (χ4v) is 2.52. The molecule has 6 heteroatoms. The van der Waals surface area contributed by atoms with Crippen molar-refractivity contribution in [1.29, 1.82) is 0 Å². The van der Waals surface area contributed by atoms with Crippen LogP contribution in [-0.2, 0) is 0 Å². The molecule has 1 atom stereocenters. The summed E-state index contributed by atoms with van der Waals surface area (Å²) < 4.78 is 0. The average molecular weight is 302 g/mol. The van der Waals surface area contributed by atoms with Crippen molar-refractivity contribution in [2.24, 2.45) is 0 Å². The summed E-state index contributed by atoms with van der Waals surface area (Å²) in [6.45, 7) is 5.12. The molecule has 1 aliphatic rings. The van der Waals surface area contributed by atoms with Gasteiger partial charge in [0.15, 0.2) is 0 Å². The van der Waals surface area contributed by atoms with E-state index in [1.165, 1.54) is 25.1 Å². The topological polar surface area (TPSA) is 45.2 Å². The number of pyridine rings is 1. The second-order valence-electron chi connectivity index (χ2n) is 4.88. The van der Waals surface area contributed by atoms with Crippen LogP contribution in [0, 0.1) is 0 Å². The largest absolute Gasteiger partial charge is 0.348 e. The van der Waals surface area contributed by atoms with Crippen LogP contribution in [0.3, 0.4) is 0 Å². The molecule has 1 fully saturated rings. The Bertz CT molecular complexity index is 461. The van der Waals surface area contributed by atoms with Crippen LogP contribution in [0.1, 0.15) is 30.1 Å². The first-order valence-electron chi connectivity index (χ1n) is 6.40. The van der Waals surface area contributed by atoms with Gasteiger partial charge in [-0.25, -0.2) is 4.98 Å². The lowest BCUT2D eigenvalue weighted by atomic mass is 10.2. The molecular formula is C13H17Cl2N3O. The number of amides is 1. The number of carbonyl (C=O) groups excluding carboxylic acids is 1. The maximum Gasteiger partial charge on any atom is 0.253 e. The predicted molar refractivity (Wildman–Crippen MR) is 76.9 cm³/mol. The lowest BCUT2D eigenvalue weighted by Gasteiger charge is -2.21. The van der Waals surface area contributed by atoms with E-state index < -0.39 is 0 Å². The molecule has 1 aliphatic heterocycles. The first-order chi connectivity index (χ1) is 9.06. The SMILES string of the molecule is CC(CN1CCCC1)NC(=O)c1cnc(Cl)c(Cl)c1. The molecule has 104 valence electrons. The summed E-state index contributed by atoms with van der Waals surface area (Å²) in [5, 5.41) is 3.45. The van der Waals surface area contributed by atoms with Gasteiger partial charge < -0.3 is 10.2 Å². The molecule has 2 rings (SSSR count). The van der Waals surface area contributed by atoms with Crippen molar-refractivity contribution in [3.05, 3.63) is 28.0 Å². The molecule has 2 heterocycles. The minimum atomic E-state index is -0.169. The normalized spacial score (nSPS) is 17.4. The second-order valence-corrected chi connectivity index (χ2v) is 5.64. The highest BCUT2D eigenvalue weighted by Crippen LogP contribution is 2.19. The Morgan fingerprint density at radius 3 is 2.79 bits per heavy atom. The second kappa shape index (κ2) is 6.55. The molecule has 1 aromatic heterocycles. The Morgan fingerprint density at radius 2 is 2.16 bits per heavy atom. The van der Waals surface area contributed by atoms with Crippen LogP contribution >= 0.6 is 23.2 Å². The molecule has 0 aromatic carbocycles. The number of likely N-dealkylation sites (tertiary alicyclic amines) is 1. The van der Waals surface area contributed by atoms with E-state index >= 15 is 0 Å². The first kappa shape index (κ1) is 14.6. The number of rotatable bonds is 4. The molecule has 1 unspecified atom stereocenters. The average Bonchev–Trinajstić information content (AvgIpc) is 2.85. The van der Waals surface area contributed by atoms with E-state index in [1.54, 1.807) is 0 Å². The highest BCUT2D eigenvalue weighted by molar-refractivity contribution is 6.41. The van der Waals surface area contributed by atoms with Gasteiger partial charge in [-0.1, -0.05) is 23.2 Å². The molecule has 0 radical (unpaired) electrons. The maximum atomic E-state index is 12.0. The van der Waals surface area contributed by atoms with Gasteiger partial charge in [-0.05, 0) is 38.9 Å². The summed E-state index contributed by atoms with van der Waals surface area (Å²) in [7, 11) is 0. The minimum absolute atomic E-state index is 0.0973. The van der Waals surface area contributed by atoms with E-state index in [4.69, 9.17) is 23.2 Å². The zero-order valence-electron chi connectivity index (χ0n) is 10.8. The van der Waals surface area contributed by atoms with Gasteiger partial charge in [0.2, 0.25) is 0 Å². The van der Waals surface area contributed by atoms with E-state index in [0.717, 1.165) is 19.6 Å². The maximum absolute atomic E-state index is 12.0. The predicted octanol–water partition coefficient (Wildman–Crippen LogP) is 2.60. The lowest BCUT2D eigenvalue weighted by Crippen LogP contribution is -2.41. The van der Waals surface area contributed by atoms with Gasteiger partial charge in [0.1, 0.15) is 5.15 Å². The van der Waals surface area contributed by atoms with Gasteiger partial charge in [-0.15, -0.1) is 0 Å². The third-order valence-corrected chi connectivity index (χ3v) is 3.85. The van der Waals surface area contributed by atoms with Crippen LogP contribution in [-0.4, -0.2) is 41.5 Å². The Kier molecular flexibility index (Phi) is 5.02. The van der Waals surface area contributed by atoms with Crippen molar-refractivity contribution in [2.45, 2.75) is 25.8 Å². The van der Waals surface area contributed by atoms with Gasteiger partial charge in [0.25, 0.3) is 5.91 Å². The number of nitrogens with one attached hydrogen (secondary N) is 1. The monoisotopic (exact) mass is 301 g/mol. The van der Waals surface area contributed by atoms with E-state index in [-0.39, 0.29) is 17.1 Å². The highest BCUT2D eigenvalue weighted by atomic mass is 35.5. The number of hydrogen-bond donors (Lipinski definition) is 1. The van der Waals surface area contributed by atoms with Crippen molar-refractivity contribution < 1.29 is 4.79 Å². The van der Waals surface area contributed by atoms with Crippen LogP contribution in [0.25, 0.3) is 0 Å². The van der Waals surface area contributed by atoms with Crippen molar-refractivity contribution in [2.75, 3.05) is 19.6 Å².